The van der Waals surface area contributed by atoms with Crippen LogP contribution in [0.5, 0.6) is 0 Å². The molecular weight excluding hydrogens is 387 g/mol. The molecule has 1 aliphatic rings. The fourth-order valence-corrected chi connectivity index (χ4v) is 4.37. The highest BCUT2D eigenvalue weighted by atomic mass is 35.5. The Bertz CT molecular complexity index is 987. The van der Waals surface area contributed by atoms with Gasteiger partial charge in [0.25, 0.3) is 0 Å². The summed E-state index contributed by atoms with van der Waals surface area (Å²) in [6.45, 7) is 4.35. The highest BCUT2D eigenvalue weighted by Gasteiger charge is 2.29. The molecule has 1 aromatic heterocycles. The molecule has 0 N–H and O–H groups in total. The molecule has 1 saturated carbocycles. The quantitative estimate of drug-likeness (QED) is 0.400. The van der Waals surface area contributed by atoms with E-state index in [1.165, 1.54) is 23.9 Å². The van der Waals surface area contributed by atoms with Crippen molar-refractivity contribution in [3.05, 3.63) is 50.7 Å². The number of imidazole rings is 1. The van der Waals surface area contributed by atoms with Crippen LogP contribution in [0.1, 0.15) is 50.5 Å². The average Bonchev–Trinajstić information content (AvgIpc) is 3.38. The lowest BCUT2D eigenvalue weighted by Crippen LogP contribution is -1.99. The first-order chi connectivity index (χ1) is 12.5. The Morgan fingerprint density at radius 3 is 2.42 bits per heavy atom. The van der Waals surface area contributed by atoms with E-state index in [4.69, 9.17) is 39.8 Å². The van der Waals surface area contributed by atoms with Gasteiger partial charge in [0.2, 0.25) is 0 Å². The first-order valence-electron chi connectivity index (χ1n) is 9.22. The van der Waals surface area contributed by atoms with Gasteiger partial charge in [-0.05, 0) is 43.0 Å². The molecule has 0 atom stereocenters. The van der Waals surface area contributed by atoms with Crippen LogP contribution in [0.15, 0.2) is 24.3 Å². The molecule has 0 bridgehead atoms. The largest absolute Gasteiger partial charge is 0.325 e. The van der Waals surface area contributed by atoms with E-state index in [1.54, 1.807) is 6.07 Å². The summed E-state index contributed by atoms with van der Waals surface area (Å²) < 4.78 is 2.42. The molecule has 1 heterocycles. The van der Waals surface area contributed by atoms with Gasteiger partial charge >= 0.3 is 0 Å². The number of nitrogens with zero attached hydrogens (tertiary/aromatic N) is 2. The van der Waals surface area contributed by atoms with Crippen LogP contribution in [-0.4, -0.2) is 9.55 Å². The van der Waals surface area contributed by atoms with Crippen LogP contribution < -0.4 is 0 Å². The fraction of sp³-hybridized carbons (Fsp3) is 0.381. The lowest BCUT2D eigenvalue weighted by Gasteiger charge is -2.14. The molecule has 0 aliphatic heterocycles. The summed E-state index contributed by atoms with van der Waals surface area (Å²) in [4.78, 5) is 5.03. The molecule has 26 heavy (non-hydrogen) atoms. The van der Waals surface area contributed by atoms with Gasteiger partial charge in [0.1, 0.15) is 5.82 Å². The molecular formula is C21H21Cl3N2. The Morgan fingerprint density at radius 1 is 1.04 bits per heavy atom. The van der Waals surface area contributed by atoms with Crippen molar-refractivity contribution >= 4 is 45.8 Å². The van der Waals surface area contributed by atoms with Crippen LogP contribution in [0.4, 0.5) is 0 Å². The highest BCUT2D eigenvalue weighted by molar-refractivity contribution is 6.44. The number of rotatable bonds is 5. The third-order valence-corrected chi connectivity index (χ3v) is 6.08. The van der Waals surface area contributed by atoms with Crippen molar-refractivity contribution in [1.82, 2.24) is 9.55 Å². The second-order valence-corrected chi connectivity index (χ2v) is 8.17. The van der Waals surface area contributed by atoms with Gasteiger partial charge in [-0.25, -0.2) is 4.98 Å². The smallest absolute Gasteiger partial charge is 0.109 e. The van der Waals surface area contributed by atoms with E-state index in [9.17, 15) is 0 Å². The van der Waals surface area contributed by atoms with Crippen LogP contribution in [0, 0.1) is 0 Å². The maximum atomic E-state index is 6.59. The average molecular weight is 408 g/mol. The molecule has 0 radical (unpaired) electrons. The van der Waals surface area contributed by atoms with Crippen molar-refractivity contribution in [2.45, 2.75) is 52.0 Å². The zero-order valence-electron chi connectivity index (χ0n) is 15.0. The normalized spacial score (nSPS) is 14.3. The molecule has 0 saturated heterocycles. The van der Waals surface area contributed by atoms with E-state index in [0.717, 1.165) is 41.7 Å². The Kier molecular flexibility index (Phi) is 4.94. The van der Waals surface area contributed by atoms with Crippen molar-refractivity contribution in [2.24, 2.45) is 0 Å². The maximum Gasteiger partial charge on any atom is 0.109 e. The van der Waals surface area contributed by atoms with Crippen LogP contribution in [0.2, 0.25) is 15.1 Å². The minimum absolute atomic E-state index is 0.474. The SMILES string of the molecule is CCCc1ccc2c(nc(CC)n2C2CC2)c1-c1cc(Cl)c(Cl)cc1Cl. The van der Waals surface area contributed by atoms with Gasteiger partial charge in [0, 0.05) is 23.6 Å². The first kappa shape index (κ1) is 18.2. The molecule has 136 valence electrons. The standard InChI is InChI=1S/C21H21Cl3N2/c1-3-5-12-6-9-18-21(25-19(4-2)26(18)13-7-8-13)20(12)14-10-16(23)17(24)11-15(14)22/h6,9-11,13H,3-5,7-8H2,1-2H3. The fourth-order valence-electron chi connectivity index (χ4n) is 3.73. The molecule has 3 aromatic rings. The summed E-state index contributed by atoms with van der Waals surface area (Å²) in [7, 11) is 0. The third kappa shape index (κ3) is 3.02. The monoisotopic (exact) mass is 406 g/mol. The van der Waals surface area contributed by atoms with Crippen LogP contribution in [0.25, 0.3) is 22.2 Å². The third-order valence-electron chi connectivity index (χ3n) is 5.05. The van der Waals surface area contributed by atoms with Crippen molar-refractivity contribution in [3.63, 3.8) is 0 Å². The zero-order valence-corrected chi connectivity index (χ0v) is 17.2. The Morgan fingerprint density at radius 2 is 1.77 bits per heavy atom. The molecule has 0 amide bonds. The summed E-state index contributed by atoms with van der Waals surface area (Å²) in [5, 5.41) is 1.61. The first-order valence-corrected chi connectivity index (χ1v) is 10.4. The van der Waals surface area contributed by atoms with Crippen molar-refractivity contribution in [2.75, 3.05) is 0 Å². The van der Waals surface area contributed by atoms with Gasteiger partial charge in [0.15, 0.2) is 0 Å². The Labute approximate surface area is 169 Å². The lowest BCUT2D eigenvalue weighted by atomic mass is 9.95. The summed E-state index contributed by atoms with van der Waals surface area (Å²) >= 11 is 19.1. The van der Waals surface area contributed by atoms with Crippen LogP contribution >= 0.6 is 34.8 Å². The summed E-state index contributed by atoms with van der Waals surface area (Å²) in [5.74, 6) is 1.15. The second-order valence-electron chi connectivity index (χ2n) is 6.95. The number of hydrogen-bond acceptors (Lipinski definition) is 1. The van der Waals surface area contributed by atoms with Crippen molar-refractivity contribution < 1.29 is 0 Å². The van der Waals surface area contributed by atoms with Crippen LogP contribution in [-0.2, 0) is 12.8 Å². The number of fused-ring (bicyclic) bond motifs is 1. The predicted octanol–water partition coefficient (Wildman–Crippen LogP) is 7.51. The number of aryl methyl sites for hydroxylation is 2. The molecule has 2 nitrogen and oxygen atoms in total. The summed E-state index contributed by atoms with van der Waals surface area (Å²) in [5.41, 5.74) is 5.49. The maximum absolute atomic E-state index is 6.59. The van der Waals surface area contributed by atoms with Gasteiger partial charge in [-0.3, -0.25) is 0 Å². The van der Waals surface area contributed by atoms with E-state index in [2.05, 4.69) is 30.5 Å². The Hall–Kier alpha value is -1.22. The van der Waals surface area contributed by atoms with Gasteiger partial charge in [-0.1, -0.05) is 61.1 Å². The van der Waals surface area contributed by atoms with Crippen molar-refractivity contribution in [1.29, 1.82) is 0 Å². The topological polar surface area (TPSA) is 17.8 Å². The van der Waals surface area contributed by atoms with Gasteiger partial charge in [-0.2, -0.15) is 0 Å². The van der Waals surface area contributed by atoms with Crippen molar-refractivity contribution in [3.8, 4) is 11.1 Å². The van der Waals surface area contributed by atoms with E-state index in [0.29, 0.717) is 21.1 Å². The number of hydrogen-bond donors (Lipinski definition) is 0. The van der Waals surface area contributed by atoms with E-state index in [1.807, 2.05) is 6.07 Å². The lowest BCUT2D eigenvalue weighted by molar-refractivity contribution is 0.708. The number of halogens is 3. The minimum Gasteiger partial charge on any atom is -0.325 e. The molecule has 2 aromatic carbocycles. The molecule has 0 spiro atoms. The zero-order chi connectivity index (χ0) is 18.4. The van der Waals surface area contributed by atoms with Crippen LogP contribution in [0.3, 0.4) is 0 Å². The van der Waals surface area contributed by atoms with E-state index < -0.39 is 0 Å². The summed E-state index contributed by atoms with van der Waals surface area (Å²) in [6, 6.07) is 8.64. The molecule has 1 aliphatic carbocycles. The number of aromatic nitrogens is 2. The highest BCUT2D eigenvalue weighted by Crippen LogP contribution is 2.44. The molecule has 0 unspecified atom stereocenters. The van der Waals surface area contributed by atoms with Gasteiger partial charge in [0.05, 0.1) is 26.1 Å². The minimum atomic E-state index is 0.474. The second kappa shape index (κ2) is 7.07. The molecule has 4 rings (SSSR count). The van der Waals surface area contributed by atoms with E-state index >= 15 is 0 Å². The molecule has 1 fully saturated rings. The number of benzene rings is 2. The predicted molar refractivity (Wildman–Crippen MR) is 112 cm³/mol. The van der Waals surface area contributed by atoms with E-state index in [-0.39, 0.29) is 0 Å². The van der Waals surface area contributed by atoms with Gasteiger partial charge < -0.3 is 4.57 Å². The van der Waals surface area contributed by atoms with Gasteiger partial charge in [-0.15, -0.1) is 0 Å². The summed E-state index contributed by atoms with van der Waals surface area (Å²) in [6.07, 6.45) is 5.42. The Balaban J connectivity index is 2.05. The molecule has 5 heteroatoms.